The molecule has 0 spiro atoms. The number of hydrogen-bond acceptors (Lipinski definition) is 4. The Morgan fingerprint density at radius 3 is 2.82 bits per heavy atom. The summed E-state index contributed by atoms with van der Waals surface area (Å²) in [4.78, 5) is 26.3. The predicted octanol–water partition coefficient (Wildman–Crippen LogP) is 0.287. The van der Waals surface area contributed by atoms with E-state index in [1.807, 2.05) is 0 Å². The maximum absolute atomic E-state index is 12.1. The van der Waals surface area contributed by atoms with Crippen LogP contribution in [0.3, 0.4) is 0 Å². The molecule has 2 aliphatic heterocycles. The summed E-state index contributed by atoms with van der Waals surface area (Å²) in [6, 6.07) is -0.865. The van der Waals surface area contributed by atoms with E-state index in [1.165, 1.54) is 16.7 Å². The van der Waals surface area contributed by atoms with Gasteiger partial charge in [0.15, 0.2) is 0 Å². The number of aliphatic carboxylic acids is 1. The zero-order chi connectivity index (χ0) is 12.4. The summed E-state index contributed by atoms with van der Waals surface area (Å²) < 4.78 is 5.19. The van der Waals surface area contributed by atoms with Gasteiger partial charge in [0.1, 0.15) is 6.04 Å². The van der Waals surface area contributed by atoms with Crippen molar-refractivity contribution in [3.63, 3.8) is 0 Å². The van der Waals surface area contributed by atoms with Gasteiger partial charge in [-0.2, -0.15) is 0 Å². The Bertz CT molecular complexity index is 325. The second kappa shape index (κ2) is 5.14. The first-order valence-corrected chi connectivity index (χ1v) is 6.68. The molecule has 0 saturated carbocycles. The van der Waals surface area contributed by atoms with Crippen LogP contribution < -0.4 is 0 Å². The first kappa shape index (κ1) is 12.5. The predicted molar refractivity (Wildman–Crippen MR) is 63.0 cm³/mol. The van der Waals surface area contributed by atoms with Gasteiger partial charge in [-0.1, -0.05) is 0 Å². The van der Waals surface area contributed by atoms with Crippen molar-refractivity contribution < 1.29 is 19.4 Å². The van der Waals surface area contributed by atoms with Crippen LogP contribution in [0.4, 0.5) is 4.79 Å². The van der Waals surface area contributed by atoms with Gasteiger partial charge in [0.05, 0.1) is 12.0 Å². The number of carboxylic acids is 1. The monoisotopic (exact) mass is 260 g/mol. The van der Waals surface area contributed by atoms with Gasteiger partial charge in [-0.15, -0.1) is 11.8 Å². The van der Waals surface area contributed by atoms with E-state index < -0.39 is 12.0 Å². The molecule has 2 aliphatic rings. The fourth-order valence-electron chi connectivity index (χ4n) is 2.11. The Balaban J connectivity index is 1.98. The number of nitrogens with zero attached hydrogens (tertiary/aromatic N) is 2. The average Bonchev–Trinajstić information content (AvgIpc) is 2.97. The van der Waals surface area contributed by atoms with Gasteiger partial charge >= 0.3 is 12.0 Å². The Morgan fingerprint density at radius 1 is 1.47 bits per heavy atom. The molecule has 2 atom stereocenters. The van der Waals surface area contributed by atoms with Crippen LogP contribution in [0.2, 0.25) is 0 Å². The van der Waals surface area contributed by atoms with Crippen molar-refractivity contribution in [3.8, 4) is 0 Å². The third-order valence-electron chi connectivity index (χ3n) is 3.16. The fraction of sp³-hybridized carbons (Fsp3) is 0.800. The molecule has 1 unspecified atom stereocenters. The molecular formula is C10H16N2O4S. The third-order valence-corrected chi connectivity index (χ3v) is 4.17. The normalized spacial score (nSPS) is 28.8. The molecule has 96 valence electrons. The molecule has 0 bridgehead atoms. The van der Waals surface area contributed by atoms with Crippen LogP contribution in [0.15, 0.2) is 0 Å². The van der Waals surface area contributed by atoms with E-state index >= 15 is 0 Å². The molecule has 0 aromatic rings. The van der Waals surface area contributed by atoms with Crippen LogP contribution >= 0.6 is 11.8 Å². The largest absolute Gasteiger partial charge is 0.480 e. The summed E-state index contributed by atoms with van der Waals surface area (Å²) in [6.07, 6.45) is 0.901. The van der Waals surface area contributed by atoms with Crippen molar-refractivity contribution in [2.45, 2.75) is 18.6 Å². The van der Waals surface area contributed by atoms with Gasteiger partial charge in [0.25, 0.3) is 0 Å². The Labute approximate surface area is 104 Å². The van der Waals surface area contributed by atoms with E-state index in [1.54, 1.807) is 12.0 Å². The number of methoxy groups -OCH3 is 1. The summed E-state index contributed by atoms with van der Waals surface area (Å²) in [5, 5.41) is 9.02. The molecular weight excluding hydrogens is 244 g/mol. The second-order valence-corrected chi connectivity index (χ2v) is 5.20. The lowest BCUT2D eigenvalue weighted by Gasteiger charge is -2.26. The summed E-state index contributed by atoms with van der Waals surface area (Å²) in [7, 11) is 1.63. The van der Waals surface area contributed by atoms with Crippen molar-refractivity contribution in [2.75, 3.05) is 31.8 Å². The van der Waals surface area contributed by atoms with Crippen LogP contribution in [0.1, 0.15) is 6.42 Å². The highest BCUT2D eigenvalue weighted by Gasteiger charge is 2.38. The summed E-state index contributed by atoms with van der Waals surface area (Å²) >= 11 is 1.48. The van der Waals surface area contributed by atoms with Crippen molar-refractivity contribution in [3.05, 3.63) is 0 Å². The molecule has 1 N–H and O–H groups in total. The number of likely N-dealkylation sites (tertiary alicyclic amines) is 1. The first-order valence-electron chi connectivity index (χ1n) is 5.52. The van der Waals surface area contributed by atoms with Gasteiger partial charge in [-0.25, -0.2) is 9.59 Å². The van der Waals surface area contributed by atoms with E-state index in [9.17, 15) is 9.59 Å². The molecule has 2 fully saturated rings. The van der Waals surface area contributed by atoms with Crippen molar-refractivity contribution in [2.24, 2.45) is 0 Å². The lowest BCUT2D eigenvalue weighted by Crippen LogP contribution is -2.48. The minimum Gasteiger partial charge on any atom is -0.480 e. The molecule has 0 aromatic heterocycles. The maximum atomic E-state index is 12.1. The van der Waals surface area contributed by atoms with E-state index in [2.05, 4.69) is 0 Å². The first-order chi connectivity index (χ1) is 8.13. The molecule has 0 aliphatic carbocycles. The van der Waals surface area contributed by atoms with Gasteiger partial charge < -0.3 is 19.6 Å². The van der Waals surface area contributed by atoms with Crippen molar-refractivity contribution in [1.29, 1.82) is 0 Å². The Morgan fingerprint density at radius 2 is 2.24 bits per heavy atom. The van der Waals surface area contributed by atoms with Crippen LogP contribution in [-0.2, 0) is 9.53 Å². The number of amides is 2. The van der Waals surface area contributed by atoms with E-state index in [4.69, 9.17) is 9.84 Å². The zero-order valence-electron chi connectivity index (χ0n) is 9.66. The van der Waals surface area contributed by atoms with Crippen molar-refractivity contribution in [1.82, 2.24) is 9.80 Å². The van der Waals surface area contributed by atoms with Crippen LogP contribution in [0, 0.1) is 0 Å². The Kier molecular flexibility index (Phi) is 3.78. The Hall–Kier alpha value is -0.950. The highest BCUT2D eigenvalue weighted by atomic mass is 32.2. The number of urea groups is 1. The number of ether oxygens (including phenoxy) is 1. The van der Waals surface area contributed by atoms with Crippen LogP contribution in [-0.4, -0.2) is 70.9 Å². The number of carbonyl (C=O) groups excluding carboxylic acids is 1. The molecule has 6 nitrogen and oxygen atoms in total. The number of thioether (sulfide) groups is 1. The quantitative estimate of drug-likeness (QED) is 0.772. The maximum Gasteiger partial charge on any atom is 0.327 e. The van der Waals surface area contributed by atoms with Gasteiger partial charge in [0.2, 0.25) is 0 Å². The molecule has 7 heteroatoms. The van der Waals surface area contributed by atoms with E-state index in [0.29, 0.717) is 24.7 Å². The molecule has 2 heterocycles. The fourth-order valence-corrected chi connectivity index (χ4v) is 3.25. The minimum atomic E-state index is -0.925. The van der Waals surface area contributed by atoms with Crippen LogP contribution in [0.25, 0.3) is 0 Å². The standard InChI is InChI=1S/C10H16N2O4S/c1-16-7-2-3-11(4-7)10(15)12-6-17-5-8(12)9(13)14/h7-8H,2-6H2,1H3,(H,13,14)/t7?,8-/m0/s1. The molecule has 0 aromatic carbocycles. The molecule has 0 radical (unpaired) electrons. The van der Waals surface area contributed by atoms with Gasteiger partial charge in [0, 0.05) is 26.0 Å². The number of carbonyl (C=O) groups is 2. The zero-order valence-corrected chi connectivity index (χ0v) is 10.5. The SMILES string of the molecule is COC1CCN(C(=O)N2CSC[C@H]2C(=O)O)C1. The van der Waals surface area contributed by atoms with Crippen LogP contribution in [0.5, 0.6) is 0 Å². The summed E-state index contributed by atoms with van der Waals surface area (Å²) in [6.45, 7) is 1.20. The summed E-state index contributed by atoms with van der Waals surface area (Å²) in [5.41, 5.74) is 0. The number of rotatable bonds is 2. The number of carboxylic acid groups (broad SMARTS) is 1. The van der Waals surface area contributed by atoms with Gasteiger partial charge in [-0.05, 0) is 6.42 Å². The molecule has 2 saturated heterocycles. The third kappa shape index (κ3) is 2.50. The highest BCUT2D eigenvalue weighted by Crippen LogP contribution is 2.24. The van der Waals surface area contributed by atoms with E-state index in [-0.39, 0.29) is 12.1 Å². The average molecular weight is 260 g/mol. The lowest BCUT2D eigenvalue weighted by atomic mass is 10.3. The number of hydrogen-bond donors (Lipinski definition) is 1. The minimum absolute atomic E-state index is 0.0810. The molecule has 17 heavy (non-hydrogen) atoms. The molecule has 2 rings (SSSR count). The van der Waals surface area contributed by atoms with Crippen molar-refractivity contribution >= 4 is 23.8 Å². The smallest absolute Gasteiger partial charge is 0.327 e. The molecule has 2 amide bonds. The summed E-state index contributed by atoms with van der Waals surface area (Å²) in [5.74, 6) is 0.0119. The highest BCUT2D eigenvalue weighted by molar-refractivity contribution is 7.99. The topological polar surface area (TPSA) is 70.1 Å². The second-order valence-electron chi connectivity index (χ2n) is 4.20. The van der Waals surface area contributed by atoms with E-state index in [0.717, 1.165) is 6.42 Å². The van der Waals surface area contributed by atoms with Gasteiger partial charge in [-0.3, -0.25) is 0 Å². The lowest BCUT2D eigenvalue weighted by molar-refractivity contribution is -0.140.